The van der Waals surface area contributed by atoms with Gasteiger partial charge in [0.05, 0.1) is 0 Å². The molecule has 1 saturated heterocycles. The van der Waals surface area contributed by atoms with Crippen LogP contribution in [0.4, 0.5) is 0 Å². The maximum absolute atomic E-state index is 12.4. The van der Waals surface area contributed by atoms with Gasteiger partial charge in [-0.05, 0) is 37.5 Å². The number of aryl methyl sites for hydroxylation is 1. The molecule has 0 aliphatic carbocycles. The van der Waals surface area contributed by atoms with Gasteiger partial charge in [-0.25, -0.2) is 0 Å². The summed E-state index contributed by atoms with van der Waals surface area (Å²) >= 11 is 3.41. The van der Waals surface area contributed by atoms with Crippen molar-refractivity contribution in [3.05, 3.63) is 33.8 Å². The molecule has 0 saturated carbocycles. The summed E-state index contributed by atoms with van der Waals surface area (Å²) in [6, 6.07) is 5.92. The minimum atomic E-state index is 0. The number of benzene rings is 1. The van der Waals surface area contributed by atoms with Crippen LogP contribution in [-0.4, -0.2) is 29.9 Å². The average molecular weight is 334 g/mol. The molecule has 1 atom stereocenters. The number of rotatable bonds is 1. The molecule has 2 N–H and O–H groups in total. The number of hydrogen-bond acceptors (Lipinski definition) is 2. The molecular weight excluding hydrogens is 316 g/mol. The van der Waals surface area contributed by atoms with Gasteiger partial charge in [-0.2, -0.15) is 0 Å². The van der Waals surface area contributed by atoms with E-state index >= 15 is 0 Å². The van der Waals surface area contributed by atoms with Gasteiger partial charge in [-0.1, -0.05) is 22.0 Å². The van der Waals surface area contributed by atoms with Gasteiger partial charge < -0.3 is 10.6 Å². The van der Waals surface area contributed by atoms with Crippen LogP contribution in [-0.2, 0) is 0 Å². The summed E-state index contributed by atoms with van der Waals surface area (Å²) in [5, 5.41) is 0. The van der Waals surface area contributed by atoms with Crippen molar-refractivity contribution in [2.24, 2.45) is 5.73 Å². The average Bonchev–Trinajstić information content (AvgIpc) is 2.31. The molecule has 1 amide bonds. The Morgan fingerprint density at radius 2 is 2.22 bits per heavy atom. The zero-order valence-electron chi connectivity index (χ0n) is 10.4. The van der Waals surface area contributed by atoms with Crippen LogP contribution in [0.2, 0.25) is 0 Å². The van der Waals surface area contributed by atoms with E-state index in [0.29, 0.717) is 6.54 Å². The molecule has 5 heteroatoms. The third kappa shape index (κ3) is 3.46. The Labute approximate surface area is 122 Å². The van der Waals surface area contributed by atoms with E-state index in [1.807, 2.05) is 30.0 Å². The van der Waals surface area contributed by atoms with Crippen molar-refractivity contribution in [1.82, 2.24) is 4.90 Å². The Kier molecular flexibility index (Phi) is 5.63. The Morgan fingerprint density at radius 3 is 2.89 bits per heavy atom. The number of nitrogens with two attached hydrogens (primary N) is 1. The number of piperidine rings is 1. The van der Waals surface area contributed by atoms with Crippen LogP contribution < -0.4 is 5.73 Å². The van der Waals surface area contributed by atoms with E-state index in [9.17, 15) is 4.79 Å². The first kappa shape index (κ1) is 15.5. The fraction of sp³-hybridized carbons (Fsp3) is 0.462. The number of hydrogen-bond donors (Lipinski definition) is 1. The highest BCUT2D eigenvalue weighted by atomic mass is 79.9. The maximum atomic E-state index is 12.4. The molecule has 3 nitrogen and oxygen atoms in total. The molecule has 1 aliphatic heterocycles. The van der Waals surface area contributed by atoms with Crippen molar-refractivity contribution in [2.45, 2.75) is 25.8 Å². The van der Waals surface area contributed by atoms with E-state index in [1.165, 1.54) is 0 Å². The minimum absolute atomic E-state index is 0. The Hall–Kier alpha value is -0.580. The van der Waals surface area contributed by atoms with Crippen LogP contribution in [0.1, 0.15) is 28.8 Å². The van der Waals surface area contributed by atoms with Crippen LogP contribution >= 0.6 is 28.3 Å². The lowest BCUT2D eigenvalue weighted by molar-refractivity contribution is 0.0708. The molecule has 1 aromatic carbocycles. The van der Waals surface area contributed by atoms with Gasteiger partial charge in [-0.3, -0.25) is 4.79 Å². The summed E-state index contributed by atoms with van der Waals surface area (Å²) in [6.07, 6.45) is 2.02. The highest BCUT2D eigenvalue weighted by molar-refractivity contribution is 9.10. The molecule has 1 heterocycles. The summed E-state index contributed by atoms with van der Waals surface area (Å²) < 4.78 is 0.938. The number of carbonyl (C=O) groups is 1. The third-order valence-corrected chi connectivity index (χ3v) is 3.67. The maximum Gasteiger partial charge on any atom is 0.254 e. The Bertz CT molecular complexity index is 439. The second-order valence-electron chi connectivity index (χ2n) is 4.61. The first-order valence-corrected chi connectivity index (χ1v) is 6.68. The number of nitrogens with zero attached hydrogens (tertiary/aromatic N) is 1. The minimum Gasteiger partial charge on any atom is -0.337 e. The molecule has 0 bridgehead atoms. The quantitative estimate of drug-likeness (QED) is 0.859. The molecule has 2 rings (SSSR count). The van der Waals surface area contributed by atoms with Crippen molar-refractivity contribution < 1.29 is 4.79 Å². The smallest absolute Gasteiger partial charge is 0.254 e. The SMILES string of the molecule is Cc1ccc(Br)cc1C(=O)N1CCCC(N)C1.Cl. The van der Waals surface area contributed by atoms with Crippen LogP contribution in [0.25, 0.3) is 0 Å². The van der Waals surface area contributed by atoms with Crippen LogP contribution in [0.5, 0.6) is 0 Å². The van der Waals surface area contributed by atoms with Gasteiger partial charge in [0.15, 0.2) is 0 Å². The fourth-order valence-electron chi connectivity index (χ4n) is 2.19. The van der Waals surface area contributed by atoms with Gasteiger partial charge >= 0.3 is 0 Å². The highest BCUT2D eigenvalue weighted by Gasteiger charge is 2.23. The summed E-state index contributed by atoms with van der Waals surface area (Å²) in [6.45, 7) is 3.45. The zero-order valence-corrected chi connectivity index (χ0v) is 12.8. The van der Waals surface area contributed by atoms with Crippen molar-refractivity contribution in [1.29, 1.82) is 0 Å². The van der Waals surface area contributed by atoms with Crippen LogP contribution in [0, 0.1) is 6.92 Å². The van der Waals surface area contributed by atoms with Gasteiger partial charge in [0.2, 0.25) is 0 Å². The van der Waals surface area contributed by atoms with Crippen LogP contribution in [0.15, 0.2) is 22.7 Å². The first-order valence-electron chi connectivity index (χ1n) is 5.89. The lowest BCUT2D eigenvalue weighted by Crippen LogP contribution is -2.45. The van der Waals surface area contributed by atoms with E-state index in [-0.39, 0.29) is 24.4 Å². The molecule has 0 radical (unpaired) electrons. The number of carbonyl (C=O) groups excluding carboxylic acids is 1. The summed E-state index contributed by atoms with van der Waals surface area (Å²) in [5.41, 5.74) is 7.69. The molecule has 0 aromatic heterocycles. The summed E-state index contributed by atoms with van der Waals surface area (Å²) in [7, 11) is 0. The van der Waals surface area contributed by atoms with Gasteiger partial charge in [0.1, 0.15) is 0 Å². The van der Waals surface area contributed by atoms with Gasteiger partial charge in [0, 0.05) is 29.2 Å². The van der Waals surface area contributed by atoms with Crippen LogP contribution in [0.3, 0.4) is 0 Å². The van der Waals surface area contributed by atoms with E-state index in [4.69, 9.17) is 5.73 Å². The first-order chi connectivity index (χ1) is 8.08. The summed E-state index contributed by atoms with van der Waals surface area (Å²) in [5.74, 6) is 0.0963. The molecule has 1 unspecified atom stereocenters. The Balaban J connectivity index is 0.00000162. The second kappa shape index (κ2) is 6.55. The summed E-state index contributed by atoms with van der Waals surface area (Å²) in [4.78, 5) is 14.2. The van der Waals surface area contributed by atoms with Crippen molar-refractivity contribution in [3.8, 4) is 0 Å². The molecule has 1 aliphatic rings. The lowest BCUT2D eigenvalue weighted by Gasteiger charge is -2.31. The molecule has 1 fully saturated rings. The molecule has 0 spiro atoms. The monoisotopic (exact) mass is 332 g/mol. The lowest BCUT2D eigenvalue weighted by atomic mass is 10.0. The van der Waals surface area contributed by atoms with E-state index in [1.54, 1.807) is 0 Å². The molecule has 100 valence electrons. The van der Waals surface area contributed by atoms with E-state index < -0.39 is 0 Å². The van der Waals surface area contributed by atoms with Crippen molar-refractivity contribution >= 4 is 34.2 Å². The van der Waals surface area contributed by atoms with Gasteiger partial charge in [0.25, 0.3) is 5.91 Å². The standard InChI is InChI=1S/C13H17BrN2O.ClH/c1-9-4-5-10(14)7-12(9)13(17)16-6-2-3-11(15)8-16;/h4-5,7,11H,2-3,6,8,15H2,1H3;1H. The second-order valence-corrected chi connectivity index (χ2v) is 5.53. The van der Waals surface area contributed by atoms with E-state index in [0.717, 1.165) is 35.0 Å². The van der Waals surface area contributed by atoms with Crippen molar-refractivity contribution in [2.75, 3.05) is 13.1 Å². The Morgan fingerprint density at radius 1 is 1.50 bits per heavy atom. The zero-order chi connectivity index (χ0) is 12.4. The highest BCUT2D eigenvalue weighted by Crippen LogP contribution is 2.19. The predicted octanol–water partition coefficient (Wildman–Crippen LogP) is 2.74. The number of amides is 1. The molecule has 18 heavy (non-hydrogen) atoms. The predicted molar refractivity (Wildman–Crippen MR) is 79.2 cm³/mol. The third-order valence-electron chi connectivity index (χ3n) is 3.18. The van der Waals surface area contributed by atoms with Crippen molar-refractivity contribution in [3.63, 3.8) is 0 Å². The normalized spacial score (nSPS) is 19.3. The topological polar surface area (TPSA) is 46.3 Å². The molecular formula is C13H18BrClN2O. The van der Waals surface area contributed by atoms with E-state index in [2.05, 4.69) is 15.9 Å². The largest absolute Gasteiger partial charge is 0.337 e. The number of likely N-dealkylation sites (tertiary alicyclic amines) is 1. The number of halogens is 2. The fourth-order valence-corrected chi connectivity index (χ4v) is 2.55. The van der Waals surface area contributed by atoms with Gasteiger partial charge in [-0.15, -0.1) is 12.4 Å². The molecule has 1 aromatic rings.